The van der Waals surface area contributed by atoms with Crippen LogP contribution < -0.4 is 10.0 Å². The highest BCUT2D eigenvalue weighted by molar-refractivity contribution is 7.92. The van der Waals surface area contributed by atoms with E-state index >= 15 is 0 Å². The number of hydrogen-bond acceptors (Lipinski definition) is 7. The summed E-state index contributed by atoms with van der Waals surface area (Å²) in [7, 11) is -2.51. The minimum Gasteiger partial charge on any atom is -0.450 e. The summed E-state index contributed by atoms with van der Waals surface area (Å²) in [6.45, 7) is -0.208. The Balaban J connectivity index is 1.47. The summed E-state index contributed by atoms with van der Waals surface area (Å²) in [5.74, 6) is -5.81. The number of anilines is 1. The van der Waals surface area contributed by atoms with E-state index in [2.05, 4.69) is 15.0 Å². The van der Waals surface area contributed by atoms with Gasteiger partial charge in [0.1, 0.15) is 23.2 Å². The molecular formula is C30H23F3N6O5S. The van der Waals surface area contributed by atoms with Crippen LogP contribution in [0.15, 0.2) is 59.3 Å². The highest BCUT2D eigenvalue weighted by Gasteiger charge is 2.48. The van der Waals surface area contributed by atoms with E-state index in [0.717, 1.165) is 4.90 Å². The zero-order valence-electron chi connectivity index (χ0n) is 23.7. The number of sulfonamides is 1. The van der Waals surface area contributed by atoms with Gasteiger partial charge in [-0.15, -0.1) is 0 Å². The molecule has 2 amide bonds. The number of amides is 2. The fraction of sp³-hybridized carbons (Fsp3) is 0.200. The van der Waals surface area contributed by atoms with Crippen molar-refractivity contribution in [1.82, 2.24) is 24.6 Å². The van der Waals surface area contributed by atoms with Crippen LogP contribution in [0.1, 0.15) is 27.8 Å². The van der Waals surface area contributed by atoms with Crippen molar-refractivity contribution in [2.75, 3.05) is 30.6 Å². The van der Waals surface area contributed by atoms with Gasteiger partial charge in [-0.1, -0.05) is 6.07 Å². The lowest BCUT2D eigenvalue weighted by molar-refractivity contribution is -0.113. The first-order valence-electron chi connectivity index (χ1n) is 13.8. The fourth-order valence-corrected chi connectivity index (χ4v) is 6.16. The van der Waals surface area contributed by atoms with E-state index in [1.807, 2.05) is 0 Å². The molecule has 1 fully saturated rings. The second-order valence-electron chi connectivity index (χ2n) is 10.7. The third-order valence-electron chi connectivity index (χ3n) is 7.79. The SMILES string of the molecule is CCS(=O)(=O)Nc1cc2oc(C(=O)N3CC(F)(F)C3)c(C(=O)NC)c2cc1-c1ccc2ncn3c4cccc(F)c4cc3c2n1. The van der Waals surface area contributed by atoms with Crippen LogP contribution in [0.25, 0.3) is 49.7 Å². The first kappa shape index (κ1) is 28.6. The number of furan rings is 1. The van der Waals surface area contributed by atoms with Crippen LogP contribution in [-0.4, -0.2) is 71.3 Å². The number of rotatable bonds is 6. The normalized spacial score (nSPS) is 14.7. The van der Waals surface area contributed by atoms with Crippen molar-refractivity contribution in [2.24, 2.45) is 0 Å². The molecule has 0 radical (unpaired) electrons. The van der Waals surface area contributed by atoms with E-state index < -0.39 is 52.4 Å². The maximum atomic E-state index is 14.6. The number of carbonyl (C=O) groups is 2. The van der Waals surface area contributed by atoms with E-state index in [4.69, 9.17) is 9.40 Å². The van der Waals surface area contributed by atoms with Crippen molar-refractivity contribution >= 4 is 65.9 Å². The van der Waals surface area contributed by atoms with Gasteiger partial charge in [0.2, 0.25) is 15.8 Å². The molecule has 0 unspecified atom stereocenters. The average Bonchev–Trinajstić information content (AvgIpc) is 3.58. The Morgan fingerprint density at radius 1 is 1.07 bits per heavy atom. The third-order valence-corrected chi connectivity index (χ3v) is 9.08. The van der Waals surface area contributed by atoms with Gasteiger partial charge in [0.05, 0.1) is 52.3 Å². The molecule has 7 rings (SSSR count). The molecule has 5 heterocycles. The number of nitrogens with one attached hydrogen (secondary N) is 2. The molecule has 2 aromatic carbocycles. The maximum absolute atomic E-state index is 14.6. The van der Waals surface area contributed by atoms with E-state index in [0.29, 0.717) is 27.5 Å². The van der Waals surface area contributed by atoms with Crippen LogP contribution in [-0.2, 0) is 10.0 Å². The fourth-order valence-electron chi connectivity index (χ4n) is 5.52. The standard InChI is InChI=1S/C30H23F3N6O5S/c1-3-45(42,43)37-21-11-24-17(25(28(40)34-2)27(44-24)29(41)38-12-30(32,33)13-38)9-16(21)19-7-8-20-26(36-19)23-10-15-18(31)5-4-6-22(15)39(23)14-35-20/h4-11,14,37H,3,12-13H2,1-2H3,(H,34,40). The van der Waals surface area contributed by atoms with Crippen LogP contribution in [0.2, 0.25) is 0 Å². The van der Waals surface area contributed by atoms with Gasteiger partial charge in [-0.3, -0.25) is 18.7 Å². The first-order chi connectivity index (χ1) is 21.4. The molecule has 6 aromatic rings. The highest BCUT2D eigenvalue weighted by atomic mass is 32.2. The van der Waals surface area contributed by atoms with Gasteiger partial charge in [-0.2, -0.15) is 0 Å². The first-order valence-corrected chi connectivity index (χ1v) is 15.4. The van der Waals surface area contributed by atoms with Crippen LogP contribution in [0.4, 0.5) is 18.9 Å². The number of halogens is 3. The summed E-state index contributed by atoms with van der Waals surface area (Å²) in [5.41, 5.74) is 2.31. The molecule has 1 saturated heterocycles. The van der Waals surface area contributed by atoms with Crippen molar-refractivity contribution in [3.63, 3.8) is 0 Å². The average molecular weight is 637 g/mol. The quantitative estimate of drug-likeness (QED) is 0.268. The molecule has 0 bridgehead atoms. The third kappa shape index (κ3) is 4.61. The molecule has 0 saturated carbocycles. The van der Waals surface area contributed by atoms with Gasteiger partial charge in [-0.25, -0.2) is 31.6 Å². The molecule has 4 aromatic heterocycles. The lowest BCUT2D eigenvalue weighted by Crippen LogP contribution is -2.58. The predicted molar refractivity (Wildman–Crippen MR) is 160 cm³/mol. The molecule has 230 valence electrons. The molecule has 45 heavy (non-hydrogen) atoms. The van der Waals surface area contributed by atoms with Gasteiger partial charge in [0.15, 0.2) is 0 Å². The lowest BCUT2D eigenvalue weighted by atomic mass is 10.0. The van der Waals surface area contributed by atoms with Gasteiger partial charge >= 0.3 is 0 Å². The largest absolute Gasteiger partial charge is 0.450 e. The number of aromatic nitrogens is 3. The van der Waals surface area contributed by atoms with E-state index in [1.54, 1.807) is 41.1 Å². The predicted octanol–water partition coefficient (Wildman–Crippen LogP) is 4.80. The minimum absolute atomic E-state index is 0.0278. The molecule has 0 atom stereocenters. The molecule has 1 aliphatic rings. The topological polar surface area (TPSA) is 139 Å². The minimum atomic E-state index is -3.85. The molecule has 1 aliphatic heterocycles. The Labute approximate surface area is 252 Å². The Morgan fingerprint density at radius 2 is 1.84 bits per heavy atom. The Bertz CT molecular complexity index is 2340. The summed E-state index contributed by atoms with van der Waals surface area (Å²) < 4.78 is 77.2. The highest BCUT2D eigenvalue weighted by Crippen LogP contribution is 2.39. The molecule has 0 spiro atoms. The van der Waals surface area contributed by atoms with Gasteiger partial charge in [-0.05, 0) is 43.3 Å². The molecule has 2 N–H and O–H groups in total. The van der Waals surface area contributed by atoms with Gasteiger partial charge in [0.25, 0.3) is 17.7 Å². The number of hydrogen-bond donors (Lipinski definition) is 2. The Kier molecular flexibility index (Phi) is 6.30. The molecule has 11 nitrogen and oxygen atoms in total. The van der Waals surface area contributed by atoms with E-state index in [9.17, 15) is 31.2 Å². The molecule has 0 aliphatic carbocycles. The summed E-state index contributed by atoms with van der Waals surface area (Å²) in [5, 5.41) is 2.94. The number of carbonyl (C=O) groups excluding carboxylic acids is 2. The van der Waals surface area contributed by atoms with Gasteiger partial charge in [0, 0.05) is 29.4 Å². The van der Waals surface area contributed by atoms with Crippen LogP contribution in [0.5, 0.6) is 0 Å². The molecular weight excluding hydrogens is 613 g/mol. The van der Waals surface area contributed by atoms with Crippen molar-refractivity contribution in [1.29, 1.82) is 0 Å². The summed E-state index contributed by atoms with van der Waals surface area (Å²) in [4.78, 5) is 36.3. The summed E-state index contributed by atoms with van der Waals surface area (Å²) in [6, 6.07) is 12.4. The maximum Gasteiger partial charge on any atom is 0.290 e. The Hall–Kier alpha value is -5.18. The number of benzene rings is 2. The van der Waals surface area contributed by atoms with Crippen molar-refractivity contribution < 1.29 is 35.6 Å². The van der Waals surface area contributed by atoms with Gasteiger partial charge < -0.3 is 14.6 Å². The zero-order valence-corrected chi connectivity index (χ0v) is 24.5. The lowest BCUT2D eigenvalue weighted by Gasteiger charge is -2.38. The smallest absolute Gasteiger partial charge is 0.290 e. The van der Waals surface area contributed by atoms with E-state index in [1.165, 1.54) is 32.2 Å². The number of likely N-dealkylation sites (tertiary alicyclic amines) is 1. The number of alkyl halides is 2. The number of fused-ring (bicyclic) bond motifs is 6. The number of nitrogens with zero attached hydrogens (tertiary/aromatic N) is 4. The van der Waals surface area contributed by atoms with Crippen molar-refractivity contribution in [2.45, 2.75) is 12.8 Å². The zero-order chi connectivity index (χ0) is 31.8. The van der Waals surface area contributed by atoms with Crippen molar-refractivity contribution in [3.8, 4) is 11.3 Å². The van der Waals surface area contributed by atoms with Crippen LogP contribution in [0.3, 0.4) is 0 Å². The second-order valence-corrected chi connectivity index (χ2v) is 12.7. The summed E-state index contributed by atoms with van der Waals surface area (Å²) >= 11 is 0. The second kappa shape index (κ2) is 9.92. The van der Waals surface area contributed by atoms with Crippen molar-refractivity contribution in [3.05, 3.63) is 72.0 Å². The monoisotopic (exact) mass is 636 g/mol. The Morgan fingerprint density at radius 3 is 2.56 bits per heavy atom. The van der Waals surface area contributed by atoms with Crippen LogP contribution >= 0.6 is 0 Å². The number of pyridine rings is 1. The summed E-state index contributed by atoms with van der Waals surface area (Å²) in [6.07, 6.45) is 1.56. The van der Waals surface area contributed by atoms with Crippen LogP contribution in [0, 0.1) is 5.82 Å². The van der Waals surface area contributed by atoms with E-state index in [-0.39, 0.29) is 39.2 Å². The molecule has 15 heteroatoms.